The third-order valence-corrected chi connectivity index (χ3v) is 42.5. The second kappa shape index (κ2) is 33.8. The number of imide groups is 1. The Balaban J connectivity index is 0.00000436. The van der Waals surface area contributed by atoms with E-state index in [9.17, 15) is 74.5 Å². The first-order chi connectivity index (χ1) is 51.0. The molecular weight excluding hydrogens is 1590 g/mol. The maximum atomic E-state index is 13.1. The fourth-order valence-corrected chi connectivity index (χ4v) is 42.8. The van der Waals surface area contributed by atoms with Gasteiger partial charge in [-0.3, -0.25) is 9.59 Å². The first-order valence-electron chi connectivity index (χ1n) is 37.5. The van der Waals surface area contributed by atoms with Crippen LogP contribution in [0.15, 0.2) is 117 Å². The van der Waals surface area contributed by atoms with E-state index in [2.05, 4.69) is 98.6 Å². The van der Waals surface area contributed by atoms with Crippen molar-refractivity contribution < 1.29 is 185 Å². The van der Waals surface area contributed by atoms with E-state index in [0.29, 0.717) is 195 Å². The minimum absolute atomic E-state index is 0. The summed E-state index contributed by atoms with van der Waals surface area (Å²) in [7, 11) is -32.5. The summed E-state index contributed by atoms with van der Waals surface area (Å²) in [5.41, 5.74) is 4.14. The topological polar surface area (TPSA) is 371 Å². The average molecular weight is 1690 g/mol. The second-order valence-corrected chi connectivity index (χ2v) is 51.8. The maximum absolute atomic E-state index is 13.1. The molecule has 6 aromatic rings. The van der Waals surface area contributed by atoms with Crippen molar-refractivity contribution in [3.05, 3.63) is 137 Å². The van der Waals surface area contributed by atoms with Crippen molar-refractivity contribution in [1.82, 2.24) is 13.5 Å². The molecule has 2 aromatic heterocycles. The first kappa shape index (κ1) is 89.3. The van der Waals surface area contributed by atoms with Crippen molar-refractivity contribution in [3.63, 3.8) is 0 Å². The van der Waals surface area contributed by atoms with Gasteiger partial charge in [0, 0.05) is 12.8 Å². The van der Waals surface area contributed by atoms with E-state index in [1.165, 1.54) is 0 Å². The van der Waals surface area contributed by atoms with Gasteiger partial charge in [0.25, 0.3) is 11.8 Å². The number of benzene rings is 4. The van der Waals surface area contributed by atoms with Gasteiger partial charge >= 0.3 is 676 Å². The van der Waals surface area contributed by atoms with Crippen molar-refractivity contribution in [2.24, 2.45) is 20.0 Å². The molecule has 111 heavy (non-hydrogen) atoms. The van der Waals surface area contributed by atoms with Gasteiger partial charge in [-0.2, -0.15) is 0 Å². The van der Waals surface area contributed by atoms with Crippen LogP contribution in [0.2, 0.25) is 38.3 Å². The normalized spacial score (nSPS) is 18.4. The molecule has 4 aromatic carbocycles. The van der Waals surface area contributed by atoms with Crippen molar-refractivity contribution in [2.45, 2.75) is 154 Å². The molecule has 39 heteroatoms. The number of amidine groups is 4. The van der Waals surface area contributed by atoms with Crippen molar-refractivity contribution >= 4 is 139 Å². The predicted octanol–water partition coefficient (Wildman–Crippen LogP) is -1.04. The molecule has 0 bridgehead atoms. The van der Waals surface area contributed by atoms with Gasteiger partial charge in [0.2, 0.25) is 0 Å². The smallest absolute Gasteiger partial charge is 1.00 e. The number of hydroxylamine groups is 2. The van der Waals surface area contributed by atoms with E-state index in [1.54, 1.807) is 0 Å². The zero-order valence-electron chi connectivity index (χ0n) is 64.6. The number of amides is 2. The molecule has 0 saturated carbocycles. The Hall–Kier alpha value is -4.02. The summed E-state index contributed by atoms with van der Waals surface area (Å²) in [6.07, 6.45) is 5.33. The summed E-state index contributed by atoms with van der Waals surface area (Å²) < 4.78 is 170. The molecule has 2 unspecified atom stereocenters. The number of unbranched alkanes of at least 4 members (excludes halogenated alkanes) is 7. The van der Waals surface area contributed by atoms with Gasteiger partial charge in [0.05, 0.1) is 0 Å². The van der Waals surface area contributed by atoms with Gasteiger partial charge in [-0.05, 0) is 0 Å². The quantitative estimate of drug-likeness (QED) is 0.0115. The van der Waals surface area contributed by atoms with Gasteiger partial charge in [0.1, 0.15) is 0 Å². The van der Waals surface area contributed by atoms with Crippen LogP contribution in [-0.4, -0.2) is 224 Å². The number of aromatic nitrogens is 2. The summed E-state index contributed by atoms with van der Waals surface area (Å²) in [5.74, 6) is -0.823. The van der Waals surface area contributed by atoms with Crippen molar-refractivity contribution in [2.75, 3.05) is 75.4 Å². The number of aliphatic imine (C=N–C) groups is 2. The molecule has 584 valence electrons. The molecule has 7 aliphatic heterocycles. The largest absolute Gasteiger partial charge is 1.00 e. The average Bonchev–Trinajstić information content (AvgIpc) is 1.46. The van der Waals surface area contributed by atoms with E-state index in [0.717, 1.165) is 43.8 Å². The Bertz CT molecular complexity index is 5200. The van der Waals surface area contributed by atoms with Gasteiger partial charge in [-0.15, -0.1) is 5.06 Å². The molecule has 1 fully saturated rings. The Morgan fingerprint density at radius 3 is 1.23 bits per heavy atom. The van der Waals surface area contributed by atoms with Crippen LogP contribution < -0.4 is 99.6 Å². The number of nitrogens with zero attached hydrogens (tertiary/aromatic N) is 11. The van der Waals surface area contributed by atoms with Crippen molar-refractivity contribution in [1.29, 1.82) is 0 Å². The van der Waals surface area contributed by atoms with Crippen LogP contribution in [0.3, 0.4) is 0 Å². The van der Waals surface area contributed by atoms with Crippen molar-refractivity contribution in [3.8, 4) is 0 Å². The Kier molecular flexibility index (Phi) is 27.2. The summed E-state index contributed by atoms with van der Waals surface area (Å²) >= 11 is 0. The molecule has 0 radical (unpaired) electrons. The summed E-state index contributed by atoms with van der Waals surface area (Å²) in [4.78, 5) is 66.5. The maximum Gasteiger partial charge on any atom is 1.00 e. The predicted molar refractivity (Wildman–Crippen MR) is 411 cm³/mol. The molecule has 13 rings (SSSR count). The van der Waals surface area contributed by atoms with E-state index in [1.807, 2.05) is 48.5 Å². The van der Waals surface area contributed by atoms with Gasteiger partial charge in [-0.1, -0.05) is 0 Å². The Labute approximate surface area is 717 Å². The zero-order chi connectivity index (χ0) is 77.2. The molecule has 1 spiro atoms. The minimum atomic E-state index is -7.38. The van der Waals surface area contributed by atoms with E-state index in [-0.39, 0.29) is 134 Å². The van der Waals surface area contributed by atoms with Crippen LogP contribution >= 0.6 is 0 Å². The summed E-state index contributed by atoms with van der Waals surface area (Å²) in [5, 5.41) is 3.60. The molecular formula is C72H96N11Na3O18S4Si3+2. The molecule has 7 aliphatic rings. The summed E-state index contributed by atoms with van der Waals surface area (Å²) in [6.45, 7) is 16.8. The first-order valence-corrected chi connectivity index (χ1v) is 52.7. The second-order valence-electron chi connectivity index (χ2n) is 31.4. The molecule has 2 N–H and O–H groups in total. The third kappa shape index (κ3) is 17.1. The van der Waals surface area contributed by atoms with Gasteiger partial charge in [-0.25, -0.2) is 4.79 Å². The van der Waals surface area contributed by atoms with Gasteiger partial charge < -0.3 is 4.84 Å². The van der Waals surface area contributed by atoms with Crippen LogP contribution in [0, 0.1) is 6.92 Å². The Morgan fingerprint density at radius 1 is 0.486 bits per heavy atom. The van der Waals surface area contributed by atoms with Crippen LogP contribution in [0.1, 0.15) is 138 Å². The monoisotopic (exact) mass is 1680 g/mol. The van der Waals surface area contributed by atoms with Crippen LogP contribution in [0.4, 0.5) is 11.6 Å². The fraction of sp³-hybridized carbons (Fsp3) is 0.500. The van der Waals surface area contributed by atoms with E-state index in [4.69, 9.17) is 24.8 Å². The number of quaternary nitrogens is 2. The SMILES string of the molecule is [CH2-]CCC[N+](CCCCS(=O)(=O)[O-])(CCCCS(=O)(=O)O)CCC[Si](C)(C)O[Si-2]123(O[Si](C)(C)CCC[N+](CCCCCC(=O)ON4C(=O)CCC4=O)(CCCCS(=O)(=O)[O-])CCCCS(=O)(=O)O)n4c5c6ccccc6c4N=C4c6ccccc6C(=[N+]41)N=c1c4ccccc4c(n12)=NC1=[N+]3C(=N5)c2ccccc21.[Na+].[Na+].[Na+]. The van der Waals surface area contributed by atoms with Crippen LogP contribution in [0.5, 0.6) is 0 Å². The third-order valence-electron chi connectivity index (χ3n) is 22.6. The number of hydrogen-bond donors (Lipinski definition) is 2. The number of rotatable bonds is 42. The number of carbonyl (C=O) groups is 3. The van der Waals surface area contributed by atoms with E-state index < -0.39 is 106 Å². The van der Waals surface area contributed by atoms with E-state index >= 15 is 0 Å². The van der Waals surface area contributed by atoms with Crippen LogP contribution in [0.25, 0.3) is 21.5 Å². The zero-order valence-corrected chi connectivity index (χ0v) is 76.8. The van der Waals surface area contributed by atoms with Gasteiger partial charge in [0.15, 0.2) is 0 Å². The molecule has 2 amide bonds. The summed E-state index contributed by atoms with van der Waals surface area (Å²) in [6, 6.07) is 33.2. The molecule has 9 heterocycles. The number of fused-ring (bicyclic) bond motifs is 12. The molecule has 0 aliphatic carbocycles. The number of carbonyl (C=O) groups excluding carboxylic acids is 3. The molecule has 2 atom stereocenters. The Morgan fingerprint density at radius 2 is 0.838 bits per heavy atom. The minimum Gasteiger partial charge on any atom is 1.00 e. The number of hydrogen-bond acceptors (Lipinski definition) is 20. The van der Waals surface area contributed by atoms with Crippen LogP contribution in [-0.2, 0) is 67.9 Å². The molecule has 29 nitrogen and oxygen atoms in total. The fourth-order valence-electron chi connectivity index (χ4n) is 18.4. The standard InChI is InChI=1S/C72H97N11O18S4Si3.3Na/c1-6-7-40-82(42-19-23-48-102(87,88)89,43-20-24-49-103(90,91)92)46-27-52-106(2,3)100-108(101-107(4,5)53-28-47-83(44-21-25-50-104(93,94)95,45-22-26-51-105(96,97)98)41-18-8-9-37-64(86)99-77-62(84)38-39-63(77)85)78-65-54-29-10-11-30-55(54)66(78)74-68-58-33-14-15-34-59(58)70(80(68)108)76-72-61-36-17-16-35-60(61)71(81(72)108)75-69-57-32-13-12-31-56(57)67(73-65)79(69)108;;;/h10-17,29-36H,1,6-9,18-28,37-53H2,2-5H3,(H3-,87,88,89,90,91,92,93,94,95,96,97,98);;;/q;3*+1/p-1. The molecule has 1 saturated heterocycles.